The molecule has 6 aromatic rings. The molecule has 2 aromatic carbocycles. The molecule has 6 heterocycles. The molecule has 0 spiro atoms. The summed E-state index contributed by atoms with van der Waals surface area (Å²) in [6, 6.07) is 27.3. The standard InChI is InChI=1S/C38H39N9O/c1-25-22-47(23-26(2)48-25)38-40-21-31-20-32(28-8-4-3-5-9-28)34(41-35(31)43-38)29-13-11-27(12-14-29)24-46-18-15-30(16-19-46)36-42-37(45-44-36)33-10-6-7-17-39-33/h3-14,17,20-21,25-26,30H,15-16,18-19,22-24H2,1-2H3,(H,42,44,45). The molecule has 10 nitrogen and oxygen atoms in total. The first-order valence-electron chi connectivity index (χ1n) is 16.8. The van der Waals surface area contributed by atoms with Crippen LogP contribution < -0.4 is 4.90 Å². The van der Waals surface area contributed by atoms with Gasteiger partial charge in [-0.2, -0.15) is 4.98 Å². The van der Waals surface area contributed by atoms with Gasteiger partial charge in [0.25, 0.3) is 0 Å². The summed E-state index contributed by atoms with van der Waals surface area (Å²) in [7, 11) is 0. The number of hydrogen-bond acceptors (Lipinski definition) is 9. The average molecular weight is 638 g/mol. The molecule has 2 aliphatic heterocycles. The average Bonchev–Trinajstić information content (AvgIpc) is 3.63. The van der Waals surface area contributed by atoms with Crippen LogP contribution in [0.15, 0.2) is 91.3 Å². The first-order valence-corrected chi connectivity index (χ1v) is 16.8. The fourth-order valence-corrected chi connectivity index (χ4v) is 6.97. The van der Waals surface area contributed by atoms with Crippen LogP contribution in [0.3, 0.4) is 0 Å². The minimum Gasteiger partial charge on any atom is -0.372 e. The van der Waals surface area contributed by atoms with E-state index in [0.29, 0.717) is 17.5 Å². The van der Waals surface area contributed by atoms with E-state index >= 15 is 0 Å². The van der Waals surface area contributed by atoms with E-state index in [-0.39, 0.29) is 12.2 Å². The van der Waals surface area contributed by atoms with Crippen molar-refractivity contribution < 1.29 is 4.74 Å². The highest BCUT2D eigenvalue weighted by Crippen LogP contribution is 2.34. The number of benzene rings is 2. The Balaban J connectivity index is 0.998. The normalized spacial score (nSPS) is 19.2. The van der Waals surface area contributed by atoms with Crippen LogP contribution in [0.5, 0.6) is 0 Å². The zero-order valence-corrected chi connectivity index (χ0v) is 27.3. The Morgan fingerprint density at radius 2 is 1.58 bits per heavy atom. The number of morpholine rings is 1. The maximum absolute atomic E-state index is 5.94. The highest BCUT2D eigenvalue weighted by atomic mass is 16.5. The van der Waals surface area contributed by atoms with Crippen LogP contribution in [-0.4, -0.2) is 78.4 Å². The van der Waals surface area contributed by atoms with Crippen LogP contribution in [0.25, 0.3) is 44.9 Å². The Labute approximate surface area is 280 Å². The van der Waals surface area contributed by atoms with Gasteiger partial charge in [0.1, 0.15) is 11.5 Å². The van der Waals surface area contributed by atoms with Crippen LogP contribution in [0.1, 0.15) is 44.0 Å². The lowest BCUT2D eigenvalue weighted by molar-refractivity contribution is -0.00570. The lowest BCUT2D eigenvalue weighted by atomic mass is 9.95. The number of rotatable bonds is 7. The van der Waals surface area contributed by atoms with Crippen LogP contribution in [-0.2, 0) is 11.3 Å². The summed E-state index contributed by atoms with van der Waals surface area (Å²) in [5, 5.41) is 9.74. The molecule has 48 heavy (non-hydrogen) atoms. The zero-order chi connectivity index (χ0) is 32.5. The molecular formula is C38H39N9O. The second-order valence-electron chi connectivity index (χ2n) is 13.0. The Hall–Kier alpha value is -5.06. The third-order valence-corrected chi connectivity index (χ3v) is 9.36. The van der Waals surface area contributed by atoms with E-state index in [2.05, 4.69) is 98.4 Å². The van der Waals surface area contributed by atoms with Gasteiger partial charge in [-0.15, -0.1) is 10.2 Å². The van der Waals surface area contributed by atoms with Crippen LogP contribution in [0.4, 0.5) is 5.95 Å². The number of piperidine rings is 1. The fourth-order valence-electron chi connectivity index (χ4n) is 6.97. The van der Waals surface area contributed by atoms with Crippen molar-refractivity contribution in [1.29, 1.82) is 0 Å². The van der Waals surface area contributed by atoms with Gasteiger partial charge in [-0.3, -0.25) is 9.88 Å². The molecule has 0 saturated carbocycles. The van der Waals surface area contributed by atoms with Crippen molar-refractivity contribution in [2.24, 2.45) is 0 Å². The summed E-state index contributed by atoms with van der Waals surface area (Å²) in [6.45, 7) is 8.64. The van der Waals surface area contributed by atoms with Gasteiger partial charge in [-0.05, 0) is 69.1 Å². The molecular weight excluding hydrogens is 598 g/mol. The maximum Gasteiger partial charge on any atom is 0.227 e. The molecule has 2 fully saturated rings. The molecule has 4 aromatic heterocycles. The number of nitrogens with zero attached hydrogens (tertiary/aromatic N) is 8. The number of nitrogens with one attached hydrogen (secondary N) is 1. The number of ether oxygens (including phenoxy) is 1. The lowest BCUT2D eigenvalue weighted by Crippen LogP contribution is -2.46. The Bertz CT molecular complexity index is 1980. The number of anilines is 1. The minimum absolute atomic E-state index is 0.126. The number of H-pyrrole nitrogens is 1. The third-order valence-electron chi connectivity index (χ3n) is 9.36. The van der Waals surface area contributed by atoms with Gasteiger partial charge in [-0.25, -0.2) is 9.97 Å². The monoisotopic (exact) mass is 637 g/mol. The van der Waals surface area contributed by atoms with Crippen molar-refractivity contribution in [3.05, 3.63) is 103 Å². The number of likely N-dealkylation sites (tertiary alicyclic amines) is 1. The van der Waals surface area contributed by atoms with Crippen molar-refractivity contribution in [2.45, 2.75) is 51.4 Å². The SMILES string of the molecule is CC1CN(c2ncc3cc(-c4ccccc4)c(-c4ccc(CN5CCC(c6nnc(-c7ccccn7)[nH]6)CC5)cc4)nc3n2)CC(C)O1. The van der Waals surface area contributed by atoms with Crippen molar-refractivity contribution in [1.82, 2.24) is 40.0 Å². The maximum atomic E-state index is 5.94. The largest absolute Gasteiger partial charge is 0.372 e. The molecule has 2 aliphatic rings. The van der Waals surface area contributed by atoms with E-state index in [9.17, 15) is 0 Å². The van der Waals surface area contributed by atoms with Crippen LogP contribution >= 0.6 is 0 Å². The van der Waals surface area contributed by atoms with E-state index in [4.69, 9.17) is 19.7 Å². The molecule has 0 aliphatic carbocycles. The van der Waals surface area contributed by atoms with Gasteiger partial charge < -0.3 is 14.6 Å². The van der Waals surface area contributed by atoms with Gasteiger partial charge in [-0.1, -0.05) is 60.7 Å². The fraction of sp³-hybridized carbons (Fsp3) is 0.316. The van der Waals surface area contributed by atoms with Crippen molar-refractivity contribution in [3.63, 3.8) is 0 Å². The number of pyridine rings is 2. The molecule has 0 amide bonds. The van der Waals surface area contributed by atoms with Crippen molar-refractivity contribution in [3.8, 4) is 33.9 Å². The van der Waals surface area contributed by atoms with Gasteiger partial charge in [0.15, 0.2) is 11.5 Å². The molecule has 242 valence electrons. The molecule has 8 rings (SSSR count). The van der Waals surface area contributed by atoms with E-state index in [0.717, 1.165) is 90.7 Å². The van der Waals surface area contributed by atoms with E-state index in [1.165, 1.54) is 5.56 Å². The number of fused-ring (bicyclic) bond motifs is 1. The molecule has 2 saturated heterocycles. The first-order chi connectivity index (χ1) is 23.6. The zero-order valence-electron chi connectivity index (χ0n) is 27.3. The molecule has 0 bridgehead atoms. The Morgan fingerprint density at radius 1 is 0.812 bits per heavy atom. The summed E-state index contributed by atoms with van der Waals surface area (Å²) in [5.74, 6) is 2.77. The summed E-state index contributed by atoms with van der Waals surface area (Å²) < 4.78 is 5.94. The van der Waals surface area contributed by atoms with Crippen molar-refractivity contribution in [2.75, 3.05) is 31.1 Å². The second-order valence-corrected chi connectivity index (χ2v) is 13.0. The second kappa shape index (κ2) is 13.2. The Morgan fingerprint density at radius 3 is 2.33 bits per heavy atom. The minimum atomic E-state index is 0.126. The van der Waals surface area contributed by atoms with E-state index in [1.54, 1.807) is 6.20 Å². The molecule has 1 N–H and O–H groups in total. The van der Waals surface area contributed by atoms with Gasteiger partial charge in [0, 0.05) is 54.5 Å². The van der Waals surface area contributed by atoms with E-state index < -0.39 is 0 Å². The quantitative estimate of drug-likeness (QED) is 0.209. The molecule has 2 atom stereocenters. The topological polar surface area (TPSA) is 109 Å². The molecule has 0 radical (unpaired) electrons. The number of aromatic nitrogens is 7. The summed E-state index contributed by atoms with van der Waals surface area (Å²) >= 11 is 0. The van der Waals surface area contributed by atoms with Gasteiger partial charge in [0.2, 0.25) is 5.95 Å². The van der Waals surface area contributed by atoms with Crippen molar-refractivity contribution >= 4 is 17.0 Å². The summed E-state index contributed by atoms with van der Waals surface area (Å²) in [5.41, 5.74) is 6.99. The first kappa shape index (κ1) is 30.3. The Kier molecular flexibility index (Phi) is 8.34. The smallest absolute Gasteiger partial charge is 0.227 e. The summed E-state index contributed by atoms with van der Waals surface area (Å²) in [4.78, 5) is 27.4. The molecule has 10 heteroatoms. The van der Waals surface area contributed by atoms with E-state index in [1.807, 2.05) is 30.5 Å². The van der Waals surface area contributed by atoms with Crippen LogP contribution in [0.2, 0.25) is 0 Å². The highest BCUT2D eigenvalue weighted by molar-refractivity contribution is 5.90. The number of aromatic amines is 1. The summed E-state index contributed by atoms with van der Waals surface area (Å²) in [6.07, 6.45) is 6.02. The number of hydrogen-bond donors (Lipinski definition) is 1. The molecule has 2 unspecified atom stereocenters. The predicted octanol–water partition coefficient (Wildman–Crippen LogP) is 6.53. The van der Waals surface area contributed by atoms with Crippen LogP contribution in [0, 0.1) is 0 Å². The highest BCUT2D eigenvalue weighted by Gasteiger charge is 2.26. The van der Waals surface area contributed by atoms with Gasteiger partial charge >= 0.3 is 0 Å². The lowest BCUT2D eigenvalue weighted by Gasteiger charge is -2.35. The third kappa shape index (κ3) is 6.41. The predicted molar refractivity (Wildman–Crippen MR) is 187 cm³/mol. The van der Waals surface area contributed by atoms with Gasteiger partial charge in [0.05, 0.1) is 17.9 Å².